The maximum atomic E-state index is 10.8. The Kier molecular flexibility index (Phi) is 3.09. The monoisotopic (exact) mass is 262 g/mol. The summed E-state index contributed by atoms with van der Waals surface area (Å²) >= 11 is 1.38. The van der Waals surface area contributed by atoms with E-state index in [-0.39, 0.29) is 6.10 Å². The molecule has 1 atom stereocenters. The van der Waals surface area contributed by atoms with Gasteiger partial charge in [-0.2, -0.15) is 4.37 Å². The van der Waals surface area contributed by atoms with Crippen LogP contribution >= 0.6 is 11.5 Å². The number of hydrogen-bond acceptors (Lipinski definition) is 4. The summed E-state index contributed by atoms with van der Waals surface area (Å²) in [5.74, 6) is 0. The van der Waals surface area contributed by atoms with E-state index in [1.165, 1.54) is 11.5 Å². The van der Waals surface area contributed by atoms with Crippen molar-refractivity contribution in [1.82, 2.24) is 4.37 Å². The summed E-state index contributed by atoms with van der Waals surface area (Å²) in [7, 11) is 0. The van der Waals surface area contributed by atoms with Crippen LogP contribution in [0.2, 0.25) is 0 Å². The molecule has 2 aromatic rings. The highest BCUT2D eigenvalue weighted by Crippen LogP contribution is 2.43. The fraction of sp³-hybridized carbons (Fsp3) is 0.429. The number of hydrogen-bond donors (Lipinski definition) is 2. The van der Waals surface area contributed by atoms with Gasteiger partial charge in [0.1, 0.15) is 11.7 Å². The normalized spacial score (nSPS) is 26.3. The Morgan fingerprint density at radius 1 is 1.17 bits per heavy atom. The van der Waals surface area contributed by atoms with Gasteiger partial charge in [-0.25, -0.2) is 0 Å². The van der Waals surface area contributed by atoms with Crippen molar-refractivity contribution >= 4 is 21.6 Å². The molecule has 0 aliphatic heterocycles. The second-order valence-corrected chi connectivity index (χ2v) is 5.70. The van der Waals surface area contributed by atoms with E-state index in [0.717, 1.165) is 29.3 Å². The number of aliphatic hydroxyl groups is 2. The lowest BCUT2D eigenvalue weighted by atomic mass is 9.86. The number of aromatic nitrogens is 1. The number of nitrogens with zero attached hydrogens (tertiary/aromatic N) is 1. The van der Waals surface area contributed by atoms with E-state index < -0.39 is 5.60 Å². The second kappa shape index (κ2) is 4.61. The van der Waals surface area contributed by atoms with E-state index in [2.05, 4.69) is 4.37 Å². The minimum absolute atomic E-state index is 0.177. The van der Waals surface area contributed by atoms with Crippen LogP contribution < -0.4 is 0 Å². The van der Waals surface area contributed by atoms with Crippen molar-refractivity contribution in [1.29, 1.82) is 0 Å². The van der Waals surface area contributed by atoms with Crippen LogP contribution in [-0.4, -0.2) is 14.6 Å². The fourth-order valence-corrected chi connectivity index (χ4v) is 3.48. The van der Waals surface area contributed by atoms with E-state index in [4.69, 9.17) is 0 Å². The summed E-state index contributed by atoms with van der Waals surface area (Å²) < 4.78 is 5.45. The van der Waals surface area contributed by atoms with Crippen LogP contribution in [0.15, 0.2) is 24.3 Å². The second-order valence-electron chi connectivity index (χ2n) is 4.89. The van der Waals surface area contributed by atoms with Gasteiger partial charge in [0.25, 0.3) is 0 Å². The molecule has 1 radical (unpaired) electrons. The first kappa shape index (κ1) is 12.1. The van der Waals surface area contributed by atoms with Gasteiger partial charge in [0.15, 0.2) is 0 Å². The molecule has 2 N–H and O–H groups in total. The van der Waals surface area contributed by atoms with Crippen molar-refractivity contribution in [3.05, 3.63) is 36.1 Å². The lowest BCUT2D eigenvalue weighted by Gasteiger charge is -2.29. The molecule has 1 heterocycles. The number of benzene rings is 1. The predicted molar refractivity (Wildman–Crippen MR) is 71.8 cm³/mol. The Morgan fingerprint density at radius 3 is 2.89 bits per heavy atom. The molecule has 4 heteroatoms. The Hall–Kier alpha value is -0.970. The quantitative estimate of drug-likeness (QED) is 0.775. The third-order valence-electron chi connectivity index (χ3n) is 3.70. The summed E-state index contributed by atoms with van der Waals surface area (Å²) in [6.45, 7) is 0. The highest BCUT2D eigenvalue weighted by Gasteiger charge is 2.42. The third kappa shape index (κ3) is 1.85. The van der Waals surface area contributed by atoms with E-state index >= 15 is 0 Å². The number of fused-ring (bicyclic) bond motifs is 1. The Labute approximate surface area is 110 Å². The Bertz CT molecular complexity index is 553. The molecule has 0 bridgehead atoms. The molecule has 1 aliphatic rings. The molecule has 95 valence electrons. The molecule has 0 spiro atoms. The van der Waals surface area contributed by atoms with Gasteiger partial charge in [0.05, 0.1) is 10.4 Å². The van der Waals surface area contributed by atoms with Crippen LogP contribution in [0.3, 0.4) is 0 Å². The molecule has 1 aromatic heterocycles. The molecule has 1 fully saturated rings. The zero-order chi connectivity index (χ0) is 12.6. The van der Waals surface area contributed by atoms with Crippen LogP contribution in [0.5, 0.6) is 0 Å². The highest BCUT2D eigenvalue weighted by atomic mass is 32.1. The zero-order valence-electron chi connectivity index (χ0n) is 10.1. The van der Waals surface area contributed by atoms with Gasteiger partial charge < -0.3 is 10.2 Å². The SMILES string of the molecule is O[C]1CCCCC[C@]1(O)c1nsc2ccccc12. The Morgan fingerprint density at radius 2 is 2.00 bits per heavy atom. The molecule has 0 unspecified atom stereocenters. The van der Waals surface area contributed by atoms with Gasteiger partial charge >= 0.3 is 0 Å². The molecule has 1 saturated carbocycles. The maximum absolute atomic E-state index is 10.8. The third-order valence-corrected chi connectivity index (χ3v) is 4.53. The van der Waals surface area contributed by atoms with Crippen molar-refractivity contribution in [3.8, 4) is 0 Å². The molecule has 3 rings (SSSR count). The number of aliphatic hydroxyl groups excluding tert-OH is 1. The molecule has 1 aliphatic carbocycles. The van der Waals surface area contributed by atoms with Crippen LogP contribution in [-0.2, 0) is 5.60 Å². The summed E-state index contributed by atoms with van der Waals surface area (Å²) in [4.78, 5) is 0. The van der Waals surface area contributed by atoms with Crippen molar-refractivity contribution in [2.45, 2.75) is 37.7 Å². The van der Waals surface area contributed by atoms with E-state index in [1.54, 1.807) is 0 Å². The van der Waals surface area contributed by atoms with E-state index in [9.17, 15) is 10.2 Å². The lowest BCUT2D eigenvalue weighted by molar-refractivity contribution is -0.0224. The molecule has 0 saturated heterocycles. The largest absolute Gasteiger partial charge is 0.383 e. The predicted octanol–water partition coefficient (Wildman–Crippen LogP) is 3.35. The standard InChI is InChI=1S/C14H16NO2S/c16-12-8-2-1-5-9-14(12,17)13-10-6-3-4-7-11(10)18-15-13/h3-4,6-7,16-17H,1-2,5,8-9H2/t14-/m1/s1. The van der Waals surface area contributed by atoms with Gasteiger partial charge in [-0.05, 0) is 30.4 Å². The van der Waals surface area contributed by atoms with Gasteiger partial charge in [0.2, 0.25) is 0 Å². The van der Waals surface area contributed by atoms with Crippen LogP contribution in [0.25, 0.3) is 10.1 Å². The summed E-state index contributed by atoms with van der Waals surface area (Å²) in [5.41, 5.74) is -0.627. The van der Waals surface area contributed by atoms with Gasteiger partial charge in [-0.15, -0.1) is 0 Å². The summed E-state index contributed by atoms with van der Waals surface area (Å²) in [5, 5.41) is 22.0. The Balaban J connectivity index is 2.11. The van der Waals surface area contributed by atoms with Gasteiger partial charge in [-0.1, -0.05) is 37.5 Å². The van der Waals surface area contributed by atoms with Crippen molar-refractivity contribution in [3.63, 3.8) is 0 Å². The smallest absolute Gasteiger partial charge is 0.140 e. The molecule has 0 amide bonds. The maximum Gasteiger partial charge on any atom is 0.140 e. The van der Waals surface area contributed by atoms with Crippen LogP contribution in [0.1, 0.15) is 37.8 Å². The fourth-order valence-electron chi connectivity index (χ4n) is 2.64. The van der Waals surface area contributed by atoms with Crippen LogP contribution in [0, 0.1) is 6.10 Å². The summed E-state index contributed by atoms with van der Waals surface area (Å²) in [6.07, 6.45) is 4.22. The lowest BCUT2D eigenvalue weighted by Crippen LogP contribution is -2.33. The average Bonchev–Trinajstić information content (AvgIpc) is 2.74. The minimum atomic E-state index is -1.25. The first-order valence-electron chi connectivity index (χ1n) is 6.34. The van der Waals surface area contributed by atoms with Gasteiger partial charge in [-0.3, -0.25) is 0 Å². The molecule has 3 nitrogen and oxygen atoms in total. The van der Waals surface area contributed by atoms with Crippen LogP contribution in [0.4, 0.5) is 0 Å². The molecule has 1 aromatic carbocycles. The van der Waals surface area contributed by atoms with E-state index in [1.807, 2.05) is 24.3 Å². The molecular weight excluding hydrogens is 246 g/mol. The number of rotatable bonds is 1. The van der Waals surface area contributed by atoms with Crippen molar-refractivity contribution in [2.24, 2.45) is 0 Å². The summed E-state index contributed by atoms with van der Waals surface area (Å²) in [6, 6.07) is 7.86. The minimum Gasteiger partial charge on any atom is -0.383 e. The highest BCUT2D eigenvalue weighted by molar-refractivity contribution is 7.13. The van der Waals surface area contributed by atoms with Crippen molar-refractivity contribution in [2.75, 3.05) is 0 Å². The average molecular weight is 262 g/mol. The zero-order valence-corrected chi connectivity index (χ0v) is 10.9. The topological polar surface area (TPSA) is 53.4 Å². The molecular formula is C14H16NO2S. The van der Waals surface area contributed by atoms with Gasteiger partial charge in [0, 0.05) is 5.39 Å². The molecule has 18 heavy (non-hydrogen) atoms. The first-order chi connectivity index (χ1) is 8.72. The van der Waals surface area contributed by atoms with Crippen molar-refractivity contribution < 1.29 is 10.2 Å². The first-order valence-corrected chi connectivity index (χ1v) is 7.12. The van der Waals surface area contributed by atoms with E-state index in [0.29, 0.717) is 18.5 Å².